The maximum absolute atomic E-state index is 8.97. The zero-order valence-electron chi connectivity index (χ0n) is 10.7. The summed E-state index contributed by atoms with van der Waals surface area (Å²) in [6.07, 6.45) is 3.59. The Morgan fingerprint density at radius 2 is 1.95 bits per heavy atom. The van der Waals surface area contributed by atoms with E-state index in [4.69, 9.17) is 5.26 Å². The molecule has 2 aromatic rings. The number of imidazole rings is 1. The molecule has 1 aromatic carbocycles. The van der Waals surface area contributed by atoms with Gasteiger partial charge in [-0.15, -0.1) is 0 Å². The number of nitrogens with zero attached hydrogens (tertiary/aromatic N) is 3. The topological polar surface area (TPSA) is 41.6 Å². The van der Waals surface area contributed by atoms with Crippen LogP contribution in [-0.4, -0.2) is 14.5 Å². The zero-order valence-corrected chi connectivity index (χ0v) is 15.9. The average Bonchev–Trinajstić information content (AvgIpc) is 2.81. The Hall–Kier alpha value is -0.686. The van der Waals surface area contributed by atoms with Gasteiger partial charge in [0, 0.05) is 32.7 Å². The molecule has 1 aromatic heterocycles. The average molecular weight is 438 g/mol. The molecule has 0 aliphatic heterocycles. The van der Waals surface area contributed by atoms with Crippen molar-refractivity contribution in [1.29, 1.82) is 5.26 Å². The number of nitriles is 1. The molecule has 1 heterocycles. The molecule has 0 saturated heterocycles. The first-order valence-corrected chi connectivity index (χ1v) is 8.80. The summed E-state index contributed by atoms with van der Waals surface area (Å²) in [5, 5.41) is 8.97. The Morgan fingerprint density at radius 1 is 1.21 bits per heavy atom. The van der Waals surface area contributed by atoms with Crippen molar-refractivity contribution in [3.05, 3.63) is 51.1 Å². The molecule has 0 N–H and O–H groups in total. The van der Waals surface area contributed by atoms with Crippen LogP contribution in [0.2, 0.25) is 0 Å². The van der Waals surface area contributed by atoms with Crippen molar-refractivity contribution in [3.63, 3.8) is 0 Å². The Kier molecular flexibility index (Phi) is 6.72. The molecule has 93 valence electrons. The van der Waals surface area contributed by atoms with E-state index >= 15 is 0 Å². The molecule has 0 bridgehead atoms. The third-order valence-electron chi connectivity index (χ3n) is 2.31. The molecule has 0 spiro atoms. The predicted octanol–water partition coefficient (Wildman–Crippen LogP) is 2.19. The molecular weight excluding hydrogens is 426 g/mol. The molecular formula is C14H12IN3Y. The molecule has 2 rings (SSSR count). The minimum absolute atomic E-state index is 0. The van der Waals surface area contributed by atoms with Crippen LogP contribution < -0.4 is 0 Å². The number of aromatic nitrogens is 2. The van der Waals surface area contributed by atoms with Gasteiger partial charge in [-0.2, -0.15) is 0 Å². The van der Waals surface area contributed by atoms with E-state index in [1.807, 2.05) is 29.9 Å². The fraction of sp³-hybridized carbons (Fsp3) is 0.143. The Labute approximate surface area is 148 Å². The Balaban J connectivity index is 0.00000180. The molecule has 0 unspecified atom stereocenters. The smallest absolute Gasteiger partial charge is 0 e. The predicted molar refractivity (Wildman–Crippen MR) is 80.4 cm³/mol. The minimum atomic E-state index is -0.200. The van der Waals surface area contributed by atoms with Gasteiger partial charge in [0.25, 0.3) is 0 Å². The van der Waals surface area contributed by atoms with Gasteiger partial charge in [-0.1, -0.05) is 0 Å². The minimum Gasteiger partial charge on any atom is 0 e. The van der Waals surface area contributed by atoms with E-state index in [9.17, 15) is 0 Å². The van der Waals surface area contributed by atoms with Crippen LogP contribution in [0.1, 0.15) is 16.8 Å². The van der Waals surface area contributed by atoms with Gasteiger partial charge in [0.05, 0.1) is 0 Å². The molecule has 19 heavy (non-hydrogen) atoms. The number of hydrogen-bond acceptors (Lipinski definition) is 2. The third-order valence-corrected chi connectivity index (χ3v) is 4.33. The molecule has 0 saturated carbocycles. The van der Waals surface area contributed by atoms with Crippen molar-refractivity contribution in [1.82, 2.24) is 9.55 Å². The monoisotopic (exact) mass is 438 g/mol. The second-order valence-electron chi connectivity index (χ2n) is 3.74. The fourth-order valence-electron chi connectivity index (χ4n) is 1.47. The maximum atomic E-state index is 8.97. The summed E-state index contributed by atoms with van der Waals surface area (Å²) in [5.41, 5.74) is 2.32. The SMILES string of the molecule is C[IH]c1cc(C#N)cc(C#Cc2cn(C)cn2)c1.[Y]. The molecule has 0 aliphatic rings. The van der Waals surface area contributed by atoms with Crippen molar-refractivity contribution in [2.45, 2.75) is 0 Å². The van der Waals surface area contributed by atoms with E-state index in [0.29, 0.717) is 5.56 Å². The first-order valence-electron chi connectivity index (χ1n) is 5.30. The van der Waals surface area contributed by atoms with Crippen molar-refractivity contribution in [2.24, 2.45) is 7.05 Å². The summed E-state index contributed by atoms with van der Waals surface area (Å²) >= 11 is -0.200. The van der Waals surface area contributed by atoms with Gasteiger partial charge in [0.1, 0.15) is 0 Å². The number of hydrogen-bond donors (Lipinski definition) is 0. The van der Waals surface area contributed by atoms with E-state index < -0.39 is 0 Å². The molecule has 0 aliphatic carbocycles. The van der Waals surface area contributed by atoms with Crippen LogP contribution in [0.4, 0.5) is 0 Å². The van der Waals surface area contributed by atoms with Crippen molar-refractivity contribution >= 4 is 21.2 Å². The second kappa shape index (κ2) is 7.79. The van der Waals surface area contributed by atoms with Crippen molar-refractivity contribution in [3.8, 4) is 17.9 Å². The summed E-state index contributed by atoms with van der Waals surface area (Å²) in [6.45, 7) is 0. The normalized spacial score (nSPS) is 9.11. The second-order valence-corrected chi connectivity index (χ2v) is 6.25. The summed E-state index contributed by atoms with van der Waals surface area (Å²) in [5.74, 6) is 6.08. The Bertz CT molecular complexity index is 674. The van der Waals surface area contributed by atoms with Gasteiger partial charge in [0.2, 0.25) is 0 Å². The number of alkyl halides is 1. The zero-order chi connectivity index (χ0) is 13.0. The van der Waals surface area contributed by atoms with Crippen LogP contribution in [0.3, 0.4) is 0 Å². The summed E-state index contributed by atoms with van der Waals surface area (Å²) in [7, 11) is 1.91. The summed E-state index contributed by atoms with van der Waals surface area (Å²) in [4.78, 5) is 6.34. The molecule has 0 atom stereocenters. The summed E-state index contributed by atoms with van der Waals surface area (Å²) < 4.78 is 3.12. The van der Waals surface area contributed by atoms with Crippen LogP contribution in [-0.2, 0) is 39.8 Å². The number of benzene rings is 1. The van der Waals surface area contributed by atoms with Gasteiger partial charge in [0.15, 0.2) is 0 Å². The van der Waals surface area contributed by atoms with Gasteiger partial charge in [-0.05, 0) is 0 Å². The van der Waals surface area contributed by atoms with Gasteiger partial charge >= 0.3 is 117 Å². The van der Waals surface area contributed by atoms with E-state index in [2.05, 4.69) is 33.9 Å². The number of rotatable bonds is 1. The number of aryl methyl sites for hydroxylation is 1. The van der Waals surface area contributed by atoms with E-state index in [1.54, 1.807) is 6.33 Å². The third kappa shape index (κ3) is 4.73. The number of halogens is 1. The molecule has 5 heteroatoms. The van der Waals surface area contributed by atoms with Gasteiger partial charge in [-0.25, -0.2) is 0 Å². The van der Waals surface area contributed by atoms with Crippen molar-refractivity contribution in [2.75, 3.05) is 4.93 Å². The van der Waals surface area contributed by atoms with E-state index in [1.165, 1.54) is 3.57 Å². The van der Waals surface area contributed by atoms with Crippen LogP contribution in [0, 0.1) is 26.7 Å². The Morgan fingerprint density at radius 3 is 2.53 bits per heavy atom. The molecule has 0 amide bonds. The maximum Gasteiger partial charge on any atom is 0 e. The first-order chi connectivity index (χ1) is 8.71. The van der Waals surface area contributed by atoms with Crippen LogP contribution in [0.15, 0.2) is 30.7 Å². The fourth-order valence-corrected chi connectivity index (χ4v) is 2.86. The van der Waals surface area contributed by atoms with Crippen molar-refractivity contribution < 1.29 is 32.7 Å². The molecule has 0 fully saturated rings. The first kappa shape index (κ1) is 16.4. The molecule has 1 radical (unpaired) electrons. The largest absolute Gasteiger partial charge is 0 e. The van der Waals surface area contributed by atoms with Crippen LogP contribution in [0.25, 0.3) is 0 Å². The summed E-state index contributed by atoms with van der Waals surface area (Å²) in [6, 6.07) is 8.02. The quantitative estimate of drug-likeness (QED) is 0.390. The molecule has 3 nitrogen and oxygen atoms in total. The van der Waals surface area contributed by atoms with E-state index in [-0.39, 0.29) is 53.9 Å². The van der Waals surface area contributed by atoms with E-state index in [0.717, 1.165) is 11.3 Å². The van der Waals surface area contributed by atoms with Crippen LogP contribution >= 0.6 is 21.2 Å². The van der Waals surface area contributed by atoms with Gasteiger partial charge < -0.3 is 0 Å². The standard InChI is InChI=1S/C14H12IN3.Y/c1-15-13-6-11(5-12(7-13)8-16)3-4-14-9-18(2)10-17-14;/h5-7,9-10,15H,1-2H3;. The van der Waals surface area contributed by atoms with Crippen LogP contribution in [0.5, 0.6) is 0 Å². The van der Waals surface area contributed by atoms with Gasteiger partial charge in [-0.3, -0.25) is 0 Å².